The summed E-state index contributed by atoms with van der Waals surface area (Å²) in [7, 11) is 0. The van der Waals surface area contributed by atoms with Gasteiger partial charge in [-0.3, -0.25) is 9.59 Å². The molecule has 0 aromatic carbocycles. The Kier molecular flexibility index (Phi) is 10.1. The van der Waals surface area contributed by atoms with Gasteiger partial charge in [-0.25, -0.2) is 4.79 Å². The minimum Gasteiger partial charge on any atom is -0.456 e. The van der Waals surface area contributed by atoms with Crippen LogP contribution < -0.4 is 0 Å². The summed E-state index contributed by atoms with van der Waals surface area (Å²) in [6.07, 6.45) is -30.4. The molecule has 0 aromatic rings. The molecule has 0 aromatic heterocycles. The normalized spacial score (nSPS) is 14.0. The number of carbonyl (C=O) groups is 3. The van der Waals surface area contributed by atoms with Gasteiger partial charge in [0.1, 0.15) is 0 Å². The summed E-state index contributed by atoms with van der Waals surface area (Å²) in [6, 6.07) is 0. The first-order chi connectivity index (χ1) is 14.5. The standard InChI is InChI=1S/C15H12F12O6/c1-6(9(29)32-5-13(19,20)21)2-7(3-8(28)31-4-12(16,17)18)10(30)33-11(14(22,23)24)15(25,26)27/h7,11H,1-5H2. The Labute approximate surface area is 175 Å². The number of carbonyl (C=O) groups excluding carboxylic acids is 3. The van der Waals surface area contributed by atoms with E-state index in [1.807, 2.05) is 0 Å². The van der Waals surface area contributed by atoms with Crippen LogP contribution in [0.4, 0.5) is 52.7 Å². The molecule has 0 heterocycles. The van der Waals surface area contributed by atoms with Gasteiger partial charge in [-0.2, -0.15) is 52.7 Å². The molecule has 0 radical (unpaired) electrons. The molecular formula is C15H12F12O6. The van der Waals surface area contributed by atoms with E-state index < -0.39 is 86.3 Å². The quantitative estimate of drug-likeness (QED) is 0.198. The van der Waals surface area contributed by atoms with Crippen molar-refractivity contribution in [2.45, 2.75) is 43.7 Å². The Balaban J connectivity index is 5.59. The second-order valence-corrected chi connectivity index (χ2v) is 6.08. The summed E-state index contributed by atoms with van der Waals surface area (Å²) in [4.78, 5) is 34.7. The van der Waals surface area contributed by atoms with Crippen molar-refractivity contribution in [3.05, 3.63) is 12.2 Å². The molecular weight excluding hydrogens is 504 g/mol. The lowest BCUT2D eigenvalue weighted by atomic mass is 9.96. The minimum atomic E-state index is -6.21. The van der Waals surface area contributed by atoms with Gasteiger partial charge in [0.2, 0.25) is 0 Å². The molecule has 0 saturated carbocycles. The van der Waals surface area contributed by atoms with E-state index in [1.165, 1.54) is 0 Å². The first-order valence-electron chi connectivity index (χ1n) is 8.01. The van der Waals surface area contributed by atoms with Crippen LogP contribution in [0.3, 0.4) is 0 Å². The van der Waals surface area contributed by atoms with Gasteiger partial charge in [0.05, 0.1) is 12.3 Å². The Hall–Kier alpha value is -2.69. The number of halogens is 12. The molecule has 6 nitrogen and oxygen atoms in total. The molecule has 0 aliphatic carbocycles. The summed E-state index contributed by atoms with van der Waals surface area (Å²) in [5, 5.41) is 0. The summed E-state index contributed by atoms with van der Waals surface area (Å²) in [5.41, 5.74) is -1.15. The van der Waals surface area contributed by atoms with Gasteiger partial charge < -0.3 is 14.2 Å². The fraction of sp³-hybridized carbons (Fsp3) is 0.667. The van der Waals surface area contributed by atoms with Crippen molar-refractivity contribution in [1.29, 1.82) is 0 Å². The number of ether oxygens (including phenoxy) is 3. The third-order valence-electron chi connectivity index (χ3n) is 3.12. The SMILES string of the molecule is C=C(CC(CC(=O)OCC(F)(F)F)C(=O)OC(C(F)(F)F)C(F)(F)F)C(=O)OCC(F)(F)F. The van der Waals surface area contributed by atoms with Gasteiger partial charge in [0.25, 0.3) is 6.10 Å². The number of rotatable bonds is 9. The summed E-state index contributed by atoms with van der Waals surface area (Å²) < 4.78 is 158. The van der Waals surface area contributed by atoms with Gasteiger partial charge in [0.15, 0.2) is 13.2 Å². The van der Waals surface area contributed by atoms with E-state index in [1.54, 1.807) is 0 Å². The Morgan fingerprint density at radius 3 is 1.52 bits per heavy atom. The maximum Gasteiger partial charge on any atom is 0.434 e. The topological polar surface area (TPSA) is 78.9 Å². The van der Waals surface area contributed by atoms with Crippen molar-refractivity contribution in [1.82, 2.24) is 0 Å². The van der Waals surface area contributed by atoms with E-state index in [0.717, 1.165) is 0 Å². The minimum absolute atomic E-state index is 1.15. The molecule has 33 heavy (non-hydrogen) atoms. The molecule has 18 heteroatoms. The molecule has 0 N–H and O–H groups in total. The molecule has 0 rings (SSSR count). The molecule has 1 atom stereocenters. The van der Waals surface area contributed by atoms with Crippen LogP contribution in [-0.2, 0) is 28.6 Å². The van der Waals surface area contributed by atoms with Crippen molar-refractivity contribution < 1.29 is 81.3 Å². The zero-order valence-corrected chi connectivity index (χ0v) is 15.7. The fourth-order valence-corrected chi connectivity index (χ4v) is 1.82. The first kappa shape index (κ1) is 30.3. The zero-order chi connectivity index (χ0) is 26.4. The highest BCUT2D eigenvalue weighted by atomic mass is 19.4. The zero-order valence-electron chi connectivity index (χ0n) is 15.7. The smallest absolute Gasteiger partial charge is 0.434 e. The van der Waals surface area contributed by atoms with Crippen LogP contribution in [0.15, 0.2) is 12.2 Å². The number of hydrogen-bond donors (Lipinski definition) is 0. The highest BCUT2D eigenvalue weighted by molar-refractivity contribution is 5.89. The van der Waals surface area contributed by atoms with E-state index in [4.69, 9.17) is 0 Å². The number of esters is 3. The van der Waals surface area contributed by atoms with Crippen LogP contribution in [0.2, 0.25) is 0 Å². The lowest BCUT2D eigenvalue weighted by molar-refractivity contribution is -0.314. The molecule has 192 valence electrons. The molecule has 0 fully saturated rings. The molecule has 0 saturated heterocycles. The van der Waals surface area contributed by atoms with Crippen LogP contribution in [-0.4, -0.2) is 61.9 Å². The van der Waals surface area contributed by atoms with Gasteiger partial charge in [-0.1, -0.05) is 6.58 Å². The Morgan fingerprint density at radius 2 is 1.12 bits per heavy atom. The third-order valence-corrected chi connectivity index (χ3v) is 3.12. The highest BCUT2D eigenvalue weighted by Gasteiger charge is 2.60. The van der Waals surface area contributed by atoms with Gasteiger partial charge in [-0.15, -0.1) is 0 Å². The van der Waals surface area contributed by atoms with E-state index in [9.17, 15) is 67.1 Å². The van der Waals surface area contributed by atoms with Gasteiger partial charge in [0, 0.05) is 5.57 Å². The first-order valence-corrected chi connectivity index (χ1v) is 8.01. The summed E-state index contributed by atoms with van der Waals surface area (Å²) >= 11 is 0. The maximum atomic E-state index is 12.5. The lowest BCUT2D eigenvalue weighted by Crippen LogP contribution is -2.46. The second kappa shape index (κ2) is 11.0. The summed E-state index contributed by atoms with van der Waals surface area (Å²) in [5.74, 6) is -8.91. The number of alkyl halides is 12. The number of hydrogen-bond acceptors (Lipinski definition) is 6. The molecule has 0 amide bonds. The van der Waals surface area contributed by atoms with Crippen molar-refractivity contribution in [3.8, 4) is 0 Å². The molecule has 0 spiro atoms. The Bertz CT molecular complexity index is 705. The largest absolute Gasteiger partial charge is 0.456 e. The molecule has 0 aliphatic rings. The highest BCUT2D eigenvalue weighted by Crippen LogP contribution is 2.36. The summed E-state index contributed by atoms with van der Waals surface area (Å²) in [6.45, 7) is -1.63. The fourth-order valence-electron chi connectivity index (χ4n) is 1.82. The monoisotopic (exact) mass is 516 g/mol. The maximum absolute atomic E-state index is 12.5. The predicted octanol–water partition coefficient (Wildman–Crippen LogP) is 4.19. The van der Waals surface area contributed by atoms with Gasteiger partial charge in [-0.05, 0) is 6.42 Å². The van der Waals surface area contributed by atoms with Crippen LogP contribution in [0.1, 0.15) is 12.8 Å². The van der Waals surface area contributed by atoms with E-state index in [0.29, 0.717) is 0 Å². The average Bonchev–Trinajstić information content (AvgIpc) is 2.58. The van der Waals surface area contributed by atoms with Crippen LogP contribution in [0, 0.1) is 5.92 Å². The lowest BCUT2D eigenvalue weighted by Gasteiger charge is -2.25. The van der Waals surface area contributed by atoms with Crippen molar-refractivity contribution in [3.63, 3.8) is 0 Å². The molecule has 0 bridgehead atoms. The molecule has 1 unspecified atom stereocenters. The van der Waals surface area contributed by atoms with Crippen molar-refractivity contribution in [2.75, 3.05) is 13.2 Å². The molecule has 0 aliphatic heterocycles. The average molecular weight is 516 g/mol. The second-order valence-electron chi connectivity index (χ2n) is 6.08. The Morgan fingerprint density at radius 1 is 0.697 bits per heavy atom. The van der Waals surface area contributed by atoms with Crippen LogP contribution >= 0.6 is 0 Å². The van der Waals surface area contributed by atoms with E-state index in [-0.39, 0.29) is 0 Å². The van der Waals surface area contributed by atoms with Crippen molar-refractivity contribution in [2.24, 2.45) is 5.92 Å². The van der Waals surface area contributed by atoms with E-state index in [2.05, 4.69) is 20.8 Å². The third kappa shape index (κ3) is 12.8. The van der Waals surface area contributed by atoms with Crippen LogP contribution in [0.25, 0.3) is 0 Å². The van der Waals surface area contributed by atoms with Crippen LogP contribution in [0.5, 0.6) is 0 Å². The predicted molar refractivity (Wildman–Crippen MR) is 77.9 cm³/mol. The van der Waals surface area contributed by atoms with E-state index >= 15 is 0 Å². The van der Waals surface area contributed by atoms with Gasteiger partial charge >= 0.3 is 42.6 Å². The van der Waals surface area contributed by atoms with Crippen molar-refractivity contribution >= 4 is 17.9 Å².